The molecule has 6 heteroatoms. The van der Waals surface area contributed by atoms with E-state index in [0.717, 1.165) is 22.4 Å². The molecule has 0 saturated heterocycles. The van der Waals surface area contributed by atoms with Crippen LogP contribution in [-0.2, 0) is 11.4 Å². The number of aliphatic carboxylic acids is 1. The van der Waals surface area contributed by atoms with E-state index in [-0.39, 0.29) is 18.9 Å². The maximum atomic E-state index is 13.0. The molecule has 166 valence electrons. The molecular weight excluding hydrogens is 406 g/mol. The first-order valence-electron chi connectivity index (χ1n) is 10.5. The number of anilines is 1. The van der Waals surface area contributed by atoms with Gasteiger partial charge in [-0.05, 0) is 61.2 Å². The molecule has 3 rings (SSSR count). The first kappa shape index (κ1) is 22.9. The molecule has 0 aromatic heterocycles. The van der Waals surface area contributed by atoms with E-state index in [1.54, 1.807) is 30.3 Å². The summed E-state index contributed by atoms with van der Waals surface area (Å²) >= 11 is 0. The van der Waals surface area contributed by atoms with Crippen LogP contribution >= 0.6 is 0 Å². The third-order valence-electron chi connectivity index (χ3n) is 5.15. The second-order valence-electron chi connectivity index (χ2n) is 7.43. The summed E-state index contributed by atoms with van der Waals surface area (Å²) in [7, 11) is 0. The molecule has 6 nitrogen and oxygen atoms in total. The van der Waals surface area contributed by atoms with Crippen molar-refractivity contribution in [2.75, 3.05) is 11.9 Å². The van der Waals surface area contributed by atoms with Gasteiger partial charge in [0.15, 0.2) is 0 Å². The molecule has 0 saturated carbocycles. The Labute approximate surface area is 187 Å². The summed E-state index contributed by atoms with van der Waals surface area (Å²) in [5, 5.41) is 11.6. The number of carboxylic acids is 1. The number of carboxylic acid groups (broad SMARTS) is 1. The molecule has 0 atom stereocenters. The SMILES string of the molecule is Cc1c(OCc2ccccc2)ccc(C(=O)Nc2ccccc2OCCCC(=O)O)c1C. The van der Waals surface area contributed by atoms with Gasteiger partial charge < -0.3 is 19.9 Å². The molecule has 0 unspecified atom stereocenters. The summed E-state index contributed by atoms with van der Waals surface area (Å²) in [5.41, 5.74) is 3.91. The summed E-state index contributed by atoms with van der Waals surface area (Å²) in [6.45, 7) is 4.55. The normalized spacial score (nSPS) is 10.4. The summed E-state index contributed by atoms with van der Waals surface area (Å²) < 4.78 is 11.6. The fourth-order valence-corrected chi connectivity index (χ4v) is 3.22. The van der Waals surface area contributed by atoms with Gasteiger partial charge in [-0.2, -0.15) is 0 Å². The quantitative estimate of drug-likeness (QED) is 0.420. The average molecular weight is 434 g/mol. The molecule has 0 aliphatic heterocycles. The highest BCUT2D eigenvalue weighted by molar-refractivity contribution is 6.06. The summed E-state index contributed by atoms with van der Waals surface area (Å²) in [6, 6.07) is 20.6. The maximum Gasteiger partial charge on any atom is 0.303 e. The van der Waals surface area contributed by atoms with Crippen molar-refractivity contribution in [2.45, 2.75) is 33.3 Å². The van der Waals surface area contributed by atoms with Crippen LogP contribution in [0.4, 0.5) is 5.69 Å². The summed E-state index contributed by atoms with van der Waals surface area (Å²) in [5.74, 6) is 0.132. The number of ether oxygens (including phenoxy) is 2. The molecule has 0 bridgehead atoms. The molecule has 3 aromatic rings. The number of benzene rings is 3. The van der Waals surface area contributed by atoms with Crippen molar-refractivity contribution in [3.8, 4) is 11.5 Å². The van der Waals surface area contributed by atoms with Gasteiger partial charge >= 0.3 is 5.97 Å². The molecule has 1 amide bonds. The van der Waals surface area contributed by atoms with Gasteiger partial charge in [0.1, 0.15) is 18.1 Å². The van der Waals surface area contributed by atoms with Crippen LogP contribution in [0.15, 0.2) is 66.7 Å². The molecule has 2 N–H and O–H groups in total. The lowest BCUT2D eigenvalue weighted by atomic mass is 10.0. The van der Waals surface area contributed by atoms with Gasteiger partial charge in [0.2, 0.25) is 0 Å². The highest BCUT2D eigenvalue weighted by Crippen LogP contribution is 2.28. The molecule has 0 aliphatic rings. The number of nitrogens with one attached hydrogen (secondary N) is 1. The highest BCUT2D eigenvalue weighted by atomic mass is 16.5. The Morgan fingerprint density at radius 1 is 0.844 bits per heavy atom. The number of rotatable bonds is 10. The standard InChI is InChI=1S/C26H27NO5/c1-18-19(2)23(32-17-20-9-4-3-5-10-20)15-14-21(18)26(30)27-22-11-6-7-12-24(22)31-16-8-13-25(28)29/h3-7,9-12,14-15H,8,13,16-17H2,1-2H3,(H,27,30)(H,28,29). The summed E-state index contributed by atoms with van der Waals surface area (Å²) in [6.07, 6.45) is 0.423. The minimum atomic E-state index is -0.864. The van der Waals surface area contributed by atoms with Crippen LogP contribution < -0.4 is 14.8 Å². The average Bonchev–Trinajstić information content (AvgIpc) is 2.79. The molecular formula is C26H27NO5. The number of para-hydroxylation sites is 2. The molecule has 0 heterocycles. The predicted octanol–water partition coefficient (Wildman–Crippen LogP) is 5.38. The van der Waals surface area contributed by atoms with Crippen LogP contribution in [0.25, 0.3) is 0 Å². The zero-order valence-electron chi connectivity index (χ0n) is 18.3. The van der Waals surface area contributed by atoms with Crippen molar-refractivity contribution < 1.29 is 24.2 Å². The fourth-order valence-electron chi connectivity index (χ4n) is 3.22. The highest BCUT2D eigenvalue weighted by Gasteiger charge is 2.16. The lowest BCUT2D eigenvalue weighted by molar-refractivity contribution is -0.137. The van der Waals surface area contributed by atoms with Crippen molar-refractivity contribution in [2.24, 2.45) is 0 Å². The van der Waals surface area contributed by atoms with Gasteiger partial charge in [-0.1, -0.05) is 42.5 Å². The Balaban J connectivity index is 1.68. The third kappa shape index (κ3) is 6.11. The Morgan fingerprint density at radius 3 is 2.31 bits per heavy atom. The van der Waals surface area contributed by atoms with Crippen LogP contribution in [0.5, 0.6) is 11.5 Å². The maximum absolute atomic E-state index is 13.0. The van der Waals surface area contributed by atoms with E-state index in [9.17, 15) is 9.59 Å². The number of hydrogen-bond acceptors (Lipinski definition) is 4. The van der Waals surface area contributed by atoms with E-state index in [4.69, 9.17) is 14.6 Å². The van der Waals surface area contributed by atoms with E-state index in [0.29, 0.717) is 30.0 Å². The molecule has 0 spiro atoms. The largest absolute Gasteiger partial charge is 0.491 e. The Hall–Kier alpha value is -3.80. The van der Waals surface area contributed by atoms with E-state index in [2.05, 4.69) is 5.32 Å². The van der Waals surface area contributed by atoms with E-state index in [1.165, 1.54) is 0 Å². The Kier molecular flexibility index (Phi) is 7.86. The smallest absolute Gasteiger partial charge is 0.303 e. The number of carbonyl (C=O) groups is 2. The van der Waals surface area contributed by atoms with Crippen molar-refractivity contribution >= 4 is 17.6 Å². The minimum Gasteiger partial charge on any atom is -0.491 e. The Morgan fingerprint density at radius 2 is 1.56 bits per heavy atom. The van der Waals surface area contributed by atoms with E-state index < -0.39 is 5.97 Å². The second-order valence-corrected chi connectivity index (χ2v) is 7.43. The lowest BCUT2D eigenvalue weighted by Crippen LogP contribution is -2.15. The zero-order chi connectivity index (χ0) is 22.9. The van der Waals surface area contributed by atoms with Gasteiger partial charge in [-0.3, -0.25) is 9.59 Å². The number of hydrogen-bond donors (Lipinski definition) is 2. The molecule has 0 aliphatic carbocycles. The van der Waals surface area contributed by atoms with Crippen LogP contribution in [0.2, 0.25) is 0 Å². The second kappa shape index (κ2) is 11.0. The van der Waals surface area contributed by atoms with Crippen LogP contribution in [0.3, 0.4) is 0 Å². The van der Waals surface area contributed by atoms with Crippen LogP contribution in [0.1, 0.15) is 39.9 Å². The molecule has 32 heavy (non-hydrogen) atoms. The predicted molar refractivity (Wildman–Crippen MR) is 123 cm³/mol. The van der Waals surface area contributed by atoms with Gasteiger partial charge in [-0.25, -0.2) is 0 Å². The minimum absolute atomic E-state index is 0.0334. The lowest BCUT2D eigenvalue weighted by Gasteiger charge is -2.16. The van der Waals surface area contributed by atoms with E-state index in [1.807, 2.05) is 50.2 Å². The first-order valence-corrected chi connectivity index (χ1v) is 10.5. The molecule has 0 fully saturated rings. The Bertz CT molecular complexity index is 1080. The van der Waals surface area contributed by atoms with Gasteiger partial charge in [-0.15, -0.1) is 0 Å². The number of carbonyl (C=O) groups excluding carboxylic acids is 1. The monoisotopic (exact) mass is 433 g/mol. The van der Waals surface area contributed by atoms with E-state index >= 15 is 0 Å². The van der Waals surface area contributed by atoms with Gasteiger partial charge in [0.25, 0.3) is 5.91 Å². The third-order valence-corrected chi connectivity index (χ3v) is 5.15. The molecule has 0 radical (unpaired) electrons. The van der Waals surface area contributed by atoms with Crippen molar-refractivity contribution in [3.05, 3.63) is 89.0 Å². The van der Waals surface area contributed by atoms with Crippen LogP contribution in [0, 0.1) is 13.8 Å². The fraction of sp³-hybridized carbons (Fsp3) is 0.231. The zero-order valence-corrected chi connectivity index (χ0v) is 18.3. The first-order chi connectivity index (χ1) is 15.5. The molecule has 3 aromatic carbocycles. The topological polar surface area (TPSA) is 84.9 Å². The van der Waals surface area contributed by atoms with Crippen LogP contribution in [-0.4, -0.2) is 23.6 Å². The van der Waals surface area contributed by atoms with Crippen molar-refractivity contribution in [3.63, 3.8) is 0 Å². The summed E-state index contributed by atoms with van der Waals surface area (Å²) in [4.78, 5) is 23.6. The van der Waals surface area contributed by atoms with Crippen molar-refractivity contribution in [1.82, 2.24) is 0 Å². The van der Waals surface area contributed by atoms with Gasteiger partial charge in [0, 0.05) is 12.0 Å². The van der Waals surface area contributed by atoms with Gasteiger partial charge in [0.05, 0.1) is 12.3 Å². The van der Waals surface area contributed by atoms with Crippen molar-refractivity contribution in [1.29, 1.82) is 0 Å². The number of amides is 1.